The molecule has 1 aromatic heterocycles. The molecule has 0 spiro atoms. The molecule has 0 saturated heterocycles. The molecule has 0 radical (unpaired) electrons. The highest BCUT2D eigenvalue weighted by molar-refractivity contribution is 7.16. The fourth-order valence-corrected chi connectivity index (χ4v) is 2.67. The first kappa shape index (κ1) is 15.2. The molecular weight excluding hydrogens is 290 g/mol. The number of benzene rings is 1. The number of hydrogen-bond donors (Lipinski definition) is 3. The van der Waals surface area contributed by atoms with E-state index >= 15 is 0 Å². The summed E-state index contributed by atoms with van der Waals surface area (Å²) >= 11 is 1.48. The van der Waals surface area contributed by atoms with Crippen LogP contribution < -0.4 is 10.6 Å². The molecule has 1 unspecified atom stereocenters. The van der Waals surface area contributed by atoms with Gasteiger partial charge in [0.1, 0.15) is 6.04 Å². The number of fused-ring (bicyclic) bond motifs is 1. The highest BCUT2D eigenvalue weighted by Gasteiger charge is 2.21. The van der Waals surface area contributed by atoms with Crippen LogP contribution in [-0.4, -0.2) is 28.1 Å². The fraction of sp³-hybridized carbons (Fsp3) is 0.357. The normalized spacial score (nSPS) is 12.3. The molecule has 1 aromatic carbocycles. The molecule has 0 aliphatic carbocycles. The van der Waals surface area contributed by atoms with Crippen molar-refractivity contribution >= 4 is 39.2 Å². The van der Waals surface area contributed by atoms with Gasteiger partial charge in [-0.2, -0.15) is 0 Å². The Balaban J connectivity index is 2.01. The largest absolute Gasteiger partial charge is 0.480 e. The second-order valence-corrected chi connectivity index (χ2v) is 6.04. The van der Waals surface area contributed by atoms with Crippen molar-refractivity contribution in [2.75, 3.05) is 5.32 Å². The van der Waals surface area contributed by atoms with E-state index in [1.807, 2.05) is 26.0 Å². The summed E-state index contributed by atoms with van der Waals surface area (Å²) in [5.74, 6) is -0.850. The number of aliphatic carboxylic acids is 1. The molecule has 112 valence electrons. The van der Waals surface area contributed by atoms with Crippen molar-refractivity contribution < 1.29 is 14.7 Å². The first-order chi connectivity index (χ1) is 9.95. The second kappa shape index (κ2) is 6.53. The average molecular weight is 307 g/mol. The van der Waals surface area contributed by atoms with Gasteiger partial charge in [-0.3, -0.25) is 0 Å². The predicted molar refractivity (Wildman–Crippen MR) is 82.7 cm³/mol. The summed E-state index contributed by atoms with van der Waals surface area (Å²) < 4.78 is 0.963. The number of urea groups is 1. The van der Waals surface area contributed by atoms with Crippen LogP contribution in [-0.2, 0) is 4.79 Å². The summed E-state index contributed by atoms with van der Waals surface area (Å²) in [6, 6.07) is 3.94. The third-order valence-electron chi connectivity index (χ3n) is 2.90. The molecule has 21 heavy (non-hydrogen) atoms. The molecule has 0 saturated carbocycles. The van der Waals surface area contributed by atoms with Crippen LogP contribution >= 0.6 is 11.3 Å². The fourth-order valence-electron chi connectivity index (χ4n) is 1.95. The Morgan fingerprint density at radius 2 is 2.14 bits per heavy atom. The van der Waals surface area contributed by atoms with E-state index in [1.54, 1.807) is 11.6 Å². The zero-order chi connectivity index (χ0) is 15.4. The maximum Gasteiger partial charge on any atom is 0.326 e. The minimum absolute atomic E-state index is 0.181. The first-order valence-corrected chi connectivity index (χ1v) is 7.47. The lowest BCUT2D eigenvalue weighted by molar-refractivity contribution is -0.139. The SMILES string of the molecule is CC(C)CC(NC(=O)Nc1ccc2ncsc2c1)C(=O)O. The van der Waals surface area contributed by atoms with Crippen molar-refractivity contribution in [1.82, 2.24) is 10.3 Å². The Labute approximate surface area is 126 Å². The minimum Gasteiger partial charge on any atom is -0.480 e. The van der Waals surface area contributed by atoms with Crippen LogP contribution in [0.4, 0.5) is 10.5 Å². The van der Waals surface area contributed by atoms with Crippen LogP contribution in [0.2, 0.25) is 0 Å². The second-order valence-electron chi connectivity index (χ2n) is 5.15. The van der Waals surface area contributed by atoms with Gasteiger partial charge in [-0.25, -0.2) is 14.6 Å². The van der Waals surface area contributed by atoms with Crippen LogP contribution in [0.3, 0.4) is 0 Å². The van der Waals surface area contributed by atoms with E-state index in [4.69, 9.17) is 5.11 Å². The molecule has 0 aliphatic heterocycles. The van der Waals surface area contributed by atoms with Gasteiger partial charge >= 0.3 is 12.0 Å². The van der Waals surface area contributed by atoms with E-state index in [2.05, 4.69) is 15.6 Å². The number of carbonyl (C=O) groups excluding carboxylic acids is 1. The summed E-state index contributed by atoms with van der Waals surface area (Å²) in [7, 11) is 0. The standard InChI is InChI=1S/C14H17N3O3S/c1-8(2)5-11(13(18)19)17-14(20)16-9-3-4-10-12(6-9)21-7-15-10/h3-4,6-8,11H,5H2,1-2H3,(H,18,19)(H2,16,17,20). The smallest absolute Gasteiger partial charge is 0.326 e. The maximum atomic E-state index is 11.9. The van der Waals surface area contributed by atoms with Gasteiger partial charge in [-0.1, -0.05) is 13.8 Å². The zero-order valence-corrected chi connectivity index (χ0v) is 12.6. The lowest BCUT2D eigenvalue weighted by atomic mass is 10.0. The predicted octanol–water partition coefficient (Wildman–Crippen LogP) is 2.92. The van der Waals surface area contributed by atoms with Crippen molar-refractivity contribution in [2.24, 2.45) is 5.92 Å². The van der Waals surface area contributed by atoms with Crippen LogP contribution in [0.5, 0.6) is 0 Å². The number of aromatic nitrogens is 1. The van der Waals surface area contributed by atoms with E-state index in [0.717, 1.165) is 10.2 Å². The summed E-state index contributed by atoms with van der Waals surface area (Å²) in [6.45, 7) is 3.82. The van der Waals surface area contributed by atoms with Gasteiger partial charge in [0.2, 0.25) is 0 Å². The average Bonchev–Trinajstić information content (AvgIpc) is 2.84. The summed E-state index contributed by atoms with van der Waals surface area (Å²) in [6.07, 6.45) is 0.386. The van der Waals surface area contributed by atoms with E-state index in [-0.39, 0.29) is 5.92 Å². The van der Waals surface area contributed by atoms with Gasteiger partial charge in [0, 0.05) is 5.69 Å². The number of anilines is 1. The minimum atomic E-state index is -1.03. The molecule has 1 heterocycles. The number of carboxylic acid groups (broad SMARTS) is 1. The van der Waals surface area contributed by atoms with E-state index < -0.39 is 18.0 Å². The molecule has 7 heteroatoms. The van der Waals surface area contributed by atoms with E-state index in [9.17, 15) is 9.59 Å². The van der Waals surface area contributed by atoms with Gasteiger partial charge in [0.15, 0.2) is 0 Å². The number of thiazole rings is 1. The third-order valence-corrected chi connectivity index (χ3v) is 3.69. The molecule has 2 amide bonds. The highest BCUT2D eigenvalue weighted by atomic mass is 32.1. The topological polar surface area (TPSA) is 91.3 Å². The number of amides is 2. The summed E-state index contributed by atoms with van der Waals surface area (Å²) in [4.78, 5) is 27.2. The quantitative estimate of drug-likeness (QED) is 0.792. The molecule has 2 aromatic rings. The van der Waals surface area contributed by atoms with Crippen LogP contribution in [0.15, 0.2) is 23.7 Å². The number of carboxylic acids is 1. The molecule has 6 nitrogen and oxygen atoms in total. The van der Waals surface area contributed by atoms with Gasteiger partial charge in [-0.05, 0) is 30.5 Å². The lowest BCUT2D eigenvalue weighted by Crippen LogP contribution is -2.43. The van der Waals surface area contributed by atoms with Gasteiger partial charge in [0.25, 0.3) is 0 Å². The van der Waals surface area contributed by atoms with Crippen molar-refractivity contribution in [3.63, 3.8) is 0 Å². The molecule has 0 aliphatic rings. The Morgan fingerprint density at radius 3 is 2.81 bits per heavy atom. The number of nitrogens with zero attached hydrogens (tertiary/aromatic N) is 1. The summed E-state index contributed by atoms with van der Waals surface area (Å²) in [5, 5.41) is 14.2. The Hall–Kier alpha value is -2.15. The van der Waals surface area contributed by atoms with Gasteiger partial charge < -0.3 is 15.7 Å². The number of nitrogens with one attached hydrogen (secondary N) is 2. The lowest BCUT2D eigenvalue weighted by Gasteiger charge is -2.16. The zero-order valence-electron chi connectivity index (χ0n) is 11.8. The Bertz CT molecular complexity index is 654. The Kier molecular flexibility index (Phi) is 4.74. The van der Waals surface area contributed by atoms with Crippen molar-refractivity contribution in [3.8, 4) is 0 Å². The monoisotopic (exact) mass is 307 g/mol. The molecule has 0 bridgehead atoms. The van der Waals surface area contributed by atoms with Gasteiger partial charge in [-0.15, -0.1) is 11.3 Å². The highest BCUT2D eigenvalue weighted by Crippen LogP contribution is 2.21. The van der Waals surface area contributed by atoms with Crippen molar-refractivity contribution in [3.05, 3.63) is 23.7 Å². The third kappa shape index (κ3) is 4.16. The van der Waals surface area contributed by atoms with Gasteiger partial charge in [0.05, 0.1) is 15.7 Å². The van der Waals surface area contributed by atoms with E-state index in [0.29, 0.717) is 12.1 Å². The Morgan fingerprint density at radius 1 is 1.38 bits per heavy atom. The molecule has 3 N–H and O–H groups in total. The number of rotatable bonds is 5. The first-order valence-electron chi connectivity index (χ1n) is 6.59. The molecular formula is C14H17N3O3S. The number of carbonyl (C=O) groups is 2. The van der Waals surface area contributed by atoms with Crippen LogP contribution in [0.25, 0.3) is 10.2 Å². The summed E-state index contributed by atoms with van der Waals surface area (Å²) in [5.41, 5.74) is 3.21. The van der Waals surface area contributed by atoms with Crippen LogP contribution in [0, 0.1) is 5.92 Å². The van der Waals surface area contributed by atoms with Crippen LogP contribution in [0.1, 0.15) is 20.3 Å². The number of hydrogen-bond acceptors (Lipinski definition) is 4. The molecule has 1 atom stereocenters. The van der Waals surface area contributed by atoms with Crippen molar-refractivity contribution in [1.29, 1.82) is 0 Å². The molecule has 2 rings (SSSR count). The molecule has 0 fully saturated rings. The maximum absolute atomic E-state index is 11.9. The van der Waals surface area contributed by atoms with E-state index in [1.165, 1.54) is 11.3 Å². The van der Waals surface area contributed by atoms with Crippen molar-refractivity contribution in [2.45, 2.75) is 26.3 Å².